The smallest absolute Gasteiger partial charge is 0.337 e. The van der Waals surface area contributed by atoms with Gasteiger partial charge in [0.05, 0.1) is 11.3 Å². The van der Waals surface area contributed by atoms with E-state index in [9.17, 15) is 9.59 Å². The van der Waals surface area contributed by atoms with Crippen LogP contribution in [0, 0.1) is 0 Å². The van der Waals surface area contributed by atoms with Crippen LogP contribution in [0.3, 0.4) is 0 Å². The van der Waals surface area contributed by atoms with Gasteiger partial charge in [-0.1, -0.05) is 15.9 Å². The van der Waals surface area contributed by atoms with Crippen molar-refractivity contribution < 1.29 is 14.7 Å². The number of thioether (sulfide) groups is 1. The zero-order valence-electron chi connectivity index (χ0n) is 9.20. The summed E-state index contributed by atoms with van der Waals surface area (Å²) in [6.07, 6.45) is 2.28. The van der Waals surface area contributed by atoms with Crippen molar-refractivity contribution in [2.24, 2.45) is 0 Å². The lowest BCUT2D eigenvalue weighted by molar-refractivity contribution is -0.115. The van der Waals surface area contributed by atoms with Crippen molar-refractivity contribution in [3.05, 3.63) is 28.2 Å². The maximum Gasteiger partial charge on any atom is 0.337 e. The minimum atomic E-state index is -1.06. The maximum absolute atomic E-state index is 11.5. The van der Waals surface area contributed by atoms with Crippen molar-refractivity contribution in [1.82, 2.24) is 0 Å². The van der Waals surface area contributed by atoms with Gasteiger partial charge in [0, 0.05) is 16.6 Å². The fraction of sp³-hybridized carbons (Fsp3) is 0.273. The number of aromatic carboxylic acids is 1. The van der Waals surface area contributed by atoms with Gasteiger partial charge in [-0.25, -0.2) is 4.79 Å². The van der Waals surface area contributed by atoms with Crippen LogP contribution in [0.25, 0.3) is 0 Å². The third kappa shape index (κ3) is 4.40. The topological polar surface area (TPSA) is 66.4 Å². The molecule has 1 rings (SSSR count). The molecular weight excluding hydrogens is 306 g/mol. The molecule has 0 aliphatic rings. The number of anilines is 1. The molecule has 0 unspecified atom stereocenters. The van der Waals surface area contributed by atoms with Gasteiger partial charge in [0.1, 0.15) is 0 Å². The van der Waals surface area contributed by atoms with Crippen molar-refractivity contribution in [2.75, 3.05) is 17.3 Å². The Balaban J connectivity index is 2.83. The van der Waals surface area contributed by atoms with Crippen molar-refractivity contribution in [1.29, 1.82) is 0 Å². The van der Waals surface area contributed by atoms with E-state index < -0.39 is 5.97 Å². The predicted octanol–water partition coefficient (Wildman–Crippen LogP) is 2.84. The first kappa shape index (κ1) is 14.1. The number of nitrogens with one attached hydrogen (secondary N) is 1. The summed E-state index contributed by atoms with van der Waals surface area (Å²) in [5, 5.41) is 11.6. The van der Waals surface area contributed by atoms with Crippen molar-refractivity contribution in [2.45, 2.75) is 6.42 Å². The number of carbonyl (C=O) groups is 2. The Kier molecular flexibility index (Phi) is 5.50. The lowest BCUT2D eigenvalue weighted by Gasteiger charge is -2.08. The molecule has 0 heterocycles. The molecule has 0 saturated heterocycles. The number of hydrogen-bond donors (Lipinski definition) is 2. The molecule has 1 aromatic rings. The molecule has 0 aliphatic carbocycles. The van der Waals surface area contributed by atoms with Crippen LogP contribution < -0.4 is 5.32 Å². The van der Waals surface area contributed by atoms with E-state index in [4.69, 9.17) is 5.11 Å². The third-order valence-electron chi connectivity index (χ3n) is 2.02. The number of halogens is 1. The molecule has 2 N–H and O–H groups in total. The monoisotopic (exact) mass is 317 g/mol. The van der Waals surface area contributed by atoms with Gasteiger partial charge in [-0.05, 0) is 24.5 Å². The molecule has 4 nitrogen and oxygen atoms in total. The van der Waals surface area contributed by atoms with Crippen LogP contribution in [0.5, 0.6) is 0 Å². The largest absolute Gasteiger partial charge is 0.478 e. The van der Waals surface area contributed by atoms with Gasteiger partial charge >= 0.3 is 5.97 Å². The van der Waals surface area contributed by atoms with Crippen molar-refractivity contribution in [3.63, 3.8) is 0 Å². The molecule has 92 valence electrons. The van der Waals surface area contributed by atoms with Gasteiger partial charge in [0.2, 0.25) is 5.91 Å². The van der Waals surface area contributed by atoms with Gasteiger partial charge in [-0.15, -0.1) is 0 Å². The Morgan fingerprint density at radius 1 is 1.47 bits per heavy atom. The Hall–Kier alpha value is -1.01. The van der Waals surface area contributed by atoms with Crippen LogP contribution in [-0.2, 0) is 4.79 Å². The van der Waals surface area contributed by atoms with Crippen LogP contribution in [-0.4, -0.2) is 29.0 Å². The van der Waals surface area contributed by atoms with Crippen LogP contribution in [0.4, 0.5) is 5.69 Å². The van der Waals surface area contributed by atoms with Gasteiger partial charge in [-0.3, -0.25) is 4.79 Å². The van der Waals surface area contributed by atoms with Gasteiger partial charge in [0.25, 0.3) is 0 Å². The Bertz CT molecular complexity index is 437. The van der Waals surface area contributed by atoms with Crippen molar-refractivity contribution in [3.8, 4) is 0 Å². The lowest BCUT2D eigenvalue weighted by atomic mass is 10.2. The standard InChI is InChI=1S/C11H12BrNO3S/c1-17-5-4-10(14)13-9-3-2-7(12)6-8(9)11(15)16/h2-3,6H,4-5H2,1H3,(H,13,14)(H,15,16). The summed E-state index contributed by atoms with van der Waals surface area (Å²) in [6.45, 7) is 0. The number of rotatable bonds is 5. The molecule has 0 bridgehead atoms. The second-order valence-electron chi connectivity index (χ2n) is 3.29. The number of carbonyl (C=O) groups excluding carboxylic acids is 1. The number of amides is 1. The first-order valence-electron chi connectivity index (χ1n) is 4.86. The average Bonchev–Trinajstić information content (AvgIpc) is 2.28. The molecule has 0 saturated carbocycles. The normalized spacial score (nSPS) is 10.0. The molecule has 0 fully saturated rings. The molecule has 17 heavy (non-hydrogen) atoms. The molecule has 0 radical (unpaired) electrons. The summed E-state index contributed by atoms with van der Waals surface area (Å²) < 4.78 is 0.664. The fourth-order valence-corrected chi connectivity index (χ4v) is 1.96. The Morgan fingerprint density at radius 2 is 2.18 bits per heavy atom. The molecule has 6 heteroatoms. The average molecular weight is 318 g/mol. The highest BCUT2D eigenvalue weighted by Gasteiger charge is 2.12. The maximum atomic E-state index is 11.5. The fourth-order valence-electron chi connectivity index (χ4n) is 1.21. The second-order valence-corrected chi connectivity index (χ2v) is 5.19. The first-order valence-corrected chi connectivity index (χ1v) is 7.05. The highest BCUT2D eigenvalue weighted by Crippen LogP contribution is 2.21. The number of carboxylic acid groups (broad SMARTS) is 1. The van der Waals surface area contributed by atoms with E-state index in [1.54, 1.807) is 23.9 Å². The summed E-state index contributed by atoms with van der Waals surface area (Å²) in [5.74, 6) is -0.527. The highest BCUT2D eigenvalue weighted by atomic mass is 79.9. The summed E-state index contributed by atoms with van der Waals surface area (Å²) >= 11 is 4.76. The molecule has 0 aliphatic heterocycles. The van der Waals surface area contributed by atoms with E-state index in [2.05, 4.69) is 21.2 Å². The lowest BCUT2D eigenvalue weighted by Crippen LogP contribution is -2.15. The molecular formula is C11H12BrNO3S. The Labute approximate surface area is 112 Å². The SMILES string of the molecule is CSCCC(=O)Nc1ccc(Br)cc1C(=O)O. The quantitative estimate of drug-likeness (QED) is 0.876. The van der Waals surface area contributed by atoms with Crippen molar-refractivity contribution >= 4 is 45.3 Å². The molecule has 0 aromatic heterocycles. The summed E-state index contributed by atoms with van der Waals surface area (Å²) in [4.78, 5) is 22.5. The van der Waals surface area contributed by atoms with Crippen LogP contribution >= 0.6 is 27.7 Å². The van der Waals surface area contributed by atoms with E-state index in [0.717, 1.165) is 0 Å². The highest BCUT2D eigenvalue weighted by molar-refractivity contribution is 9.10. The molecule has 0 spiro atoms. The van der Waals surface area contributed by atoms with Crippen LogP contribution in [0.2, 0.25) is 0 Å². The number of benzene rings is 1. The Morgan fingerprint density at radius 3 is 2.76 bits per heavy atom. The van der Waals surface area contributed by atoms with E-state index in [-0.39, 0.29) is 11.5 Å². The summed E-state index contributed by atoms with van der Waals surface area (Å²) in [6, 6.07) is 4.73. The predicted molar refractivity (Wildman–Crippen MR) is 72.7 cm³/mol. The second kappa shape index (κ2) is 6.66. The molecule has 0 atom stereocenters. The van der Waals surface area contributed by atoms with E-state index in [1.165, 1.54) is 6.07 Å². The van der Waals surface area contributed by atoms with Gasteiger partial charge in [0.15, 0.2) is 0 Å². The van der Waals surface area contributed by atoms with Crippen LogP contribution in [0.15, 0.2) is 22.7 Å². The van der Waals surface area contributed by atoms with E-state index in [1.807, 2.05) is 6.26 Å². The summed E-state index contributed by atoms with van der Waals surface area (Å²) in [5.41, 5.74) is 0.406. The first-order chi connectivity index (χ1) is 8.04. The minimum Gasteiger partial charge on any atom is -0.478 e. The number of hydrogen-bond acceptors (Lipinski definition) is 3. The zero-order chi connectivity index (χ0) is 12.8. The van der Waals surface area contributed by atoms with Crippen LogP contribution in [0.1, 0.15) is 16.8 Å². The number of carboxylic acids is 1. The minimum absolute atomic E-state index is 0.0804. The summed E-state index contributed by atoms with van der Waals surface area (Å²) in [7, 11) is 0. The third-order valence-corrected chi connectivity index (χ3v) is 3.12. The van der Waals surface area contributed by atoms with Gasteiger partial charge < -0.3 is 10.4 Å². The van der Waals surface area contributed by atoms with E-state index >= 15 is 0 Å². The van der Waals surface area contributed by atoms with Gasteiger partial charge in [-0.2, -0.15) is 11.8 Å². The molecule has 1 amide bonds. The van der Waals surface area contributed by atoms with E-state index in [0.29, 0.717) is 22.3 Å². The molecule has 1 aromatic carbocycles. The zero-order valence-corrected chi connectivity index (χ0v) is 11.6.